The molecule has 0 aliphatic carbocycles. The fourth-order valence-electron chi connectivity index (χ4n) is 2.38. The standard InChI is InChI=1S/C17H19NO2S/c1-10-6-5-7-11(2)14(10)9-21-16-15(17(19)20)12(3)8-13(4)18-16/h5-8H,9H2,1-4H3,(H,19,20). The number of hydrogen-bond acceptors (Lipinski definition) is 3. The van der Waals surface area contributed by atoms with Gasteiger partial charge in [-0.25, -0.2) is 9.78 Å². The average molecular weight is 301 g/mol. The topological polar surface area (TPSA) is 50.2 Å². The van der Waals surface area contributed by atoms with Crippen molar-refractivity contribution >= 4 is 17.7 Å². The van der Waals surface area contributed by atoms with Crippen LogP contribution in [0.5, 0.6) is 0 Å². The number of aromatic nitrogens is 1. The summed E-state index contributed by atoms with van der Waals surface area (Å²) in [6.07, 6.45) is 0. The van der Waals surface area contributed by atoms with Crippen molar-refractivity contribution in [2.24, 2.45) is 0 Å². The number of hydrogen-bond donors (Lipinski definition) is 1. The minimum absolute atomic E-state index is 0.317. The Balaban J connectivity index is 2.34. The van der Waals surface area contributed by atoms with Gasteiger partial charge in [0.2, 0.25) is 0 Å². The highest BCUT2D eigenvalue weighted by atomic mass is 32.2. The van der Waals surface area contributed by atoms with E-state index in [9.17, 15) is 9.90 Å². The van der Waals surface area contributed by atoms with E-state index in [4.69, 9.17) is 0 Å². The molecular formula is C17H19NO2S. The van der Waals surface area contributed by atoms with Crippen molar-refractivity contribution in [3.05, 3.63) is 57.8 Å². The number of thioether (sulfide) groups is 1. The van der Waals surface area contributed by atoms with Gasteiger partial charge < -0.3 is 5.11 Å². The van der Waals surface area contributed by atoms with Crippen LogP contribution in [-0.2, 0) is 5.75 Å². The number of carbonyl (C=O) groups is 1. The van der Waals surface area contributed by atoms with Crippen LogP contribution in [0.25, 0.3) is 0 Å². The van der Waals surface area contributed by atoms with Crippen LogP contribution < -0.4 is 0 Å². The van der Waals surface area contributed by atoms with Gasteiger partial charge in [0.1, 0.15) is 5.03 Å². The van der Waals surface area contributed by atoms with Crippen LogP contribution in [0.2, 0.25) is 0 Å². The molecular weight excluding hydrogens is 282 g/mol. The highest BCUT2D eigenvalue weighted by Crippen LogP contribution is 2.29. The largest absolute Gasteiger partial charge is 0.478 e. The highest BCUT2D eigenvalue weighted by molar-refractivity contribution is 7.98. The zero-order chi connectivity index (χ0) is 15.6. The molecule has 0 aliphatic heterocycles. The van der Waals surface area contributed by atoms with E-state index in [0.29, 0.717) is 10.6 Å². The molecule has 1 N–H and O–H groups in total. The van der Waals surface area contributed by atoms with Crippen molar-refractivity contribution in [3.8, 4) is 0 Å². The predicted molar refractivity (Wildman–Crippen MR) is 86.1 cm³/mol. The Kier molecular flexibility index (Phi) is 4.68. The Morgan fingerprint density at radius 2 is 1.76 bits per heavy atom. The van der Waals surface area contributed by atoms with Crippen molar-refractivity contribution in [1.82, 2.24) is 4.98 Å². The maximum atomic E-state index is 11.4. The number of benzene rings is 1. The molecule has 3 nitrogen and oxygen atoms in total. The zero-order valence-corrected chi connectivity index (χ0v) is 13.5. The lowest BCUT2D eigenvalue weighted by Crippen LogP contribution is -2.05. The smallest absolute Gasteiger partial charge is 0.338 e. The summed E-state index contributed by atoms with van der Waals surface area (Å²) < 4.78 is 0. The van der Waals surface area contributed by atoms with Crippen LogP contribution in [0.3, 0.4) is 0 Å². The van der Waals surface area contributed by atoms with Crippen LogP contribution in [0.1, 0.15) is 38.3 Å². The van der Waals surface area contributed by atoms with Crippen LogP contribution in [0, 0.1) is 27.7 Å². The third-order valence-corrected chi connectivity index (χ3v) is 4.52. The van der Waals surface area contributed by atoms with Gasteiger partial charge in [0, 0.05) is 11.4 Å². The normalized spacial score (nSPS) is 10.7. The molecule has 2 rings (SSSR count). The first-order chi connectivity index (χ1) is 9.90. The molecule has 0 aliphatic rings. The minimum Gasteiger partial charge on any atom is -0.478 e. The minimum atomic E-state index is -0.913. The molecule has 1 aromatic carbocycles. The van der Waals surface area contributed by atoms with E-state index < -0.39 is 5.97 Å². The van der Waals surface area contributed by atoms with Gasteiger partial charge in [-0.1, -0.05) is 18.2 Å². The van der Waals surface area contributed by atoms with E-state index in [-0.39, 0.29) is 0 Å². The van der Waals surface area contributed by atoms with Gasteiger partial charge in [0.25, 0.3) is 0 Å². The average Bonchev–Trinajstić information content (AvgIpc) is 2.36. The Morgan fingerprint density at radius 1 is 1.14 bits per heavy atom. The fraction of sp³-hybridized carbons (Fsp3) is 0.294. The van der Waals surface area contributed by atoms with Crippen LogP contribution >= 0.6 is 11.8 Å². The molecule has 110 valence electrons. The van der Waals surface area contributed by atoms with Gasteiger partial charge in [-0.3, -0.25) is 0 Å². The Labute approximate surface area is 129 Å². The number of aryl methyl sites for hydroxylation is 4. The van der Waals surface area contributed by atoms with Gasteiger partial charge in [-0.05, 0) is 56.0 Å². The Morgan fingerprint density at radius 3 is 2.33 bits per heavy atom. The van der Waals surface area contributed by atoms with Crippen molar-refractivity contribution in [2.75, 3.05) is 0 Å². The second kappa shape index (κ2) is 6.31. The summed E-state index contributed by atoms with van der Waals surface area (Å²) in [4.78, 5) is 15.9. The Hall–Kier alpha value is -1.81. The van der Waals surface area contributed by atoms with Crippen LogP contribution in [0.15, 0.2) is 29.3 Å². The van der Waals surface area contributed by atoms with E-state index in [1.54, 1.807) is 0 Å². The summed E-state index contributed by atoms with van der Waals surface area (Å²) in [5, 5.41) is 9.99. The summed E-state index contributed by atoms with van der Waals surface area (Å²) >= 11 is 1.49. The lowest BCUT2D eigenvalue weighted by molar-refractivity contribution is 0.0691. The molecule has 0 bridgehead atoms. The fourth-order valence-corrected chi connectivity index (χ4v) is 3.72. The van der Waals surface area contributed by atoms with Crippen LogP contribution in [0.4, 0.5) is 0 Å². The summed E-state index contributed by atoms with van der Waals surface area (Å²) in [6, 6.07) is 8.01. The van der Waals surface area contributed by atoms with E-state index >= 15 is 0 Å². The predicted octanol–water partition coefficient (Wildman–Crippen LogP) is 4.31. The van der Waals surface area contributed by atoms with E-state index in [2.05, 4.69) is 31.0 Å². The third kappa shape index (κ3) is 3.45. The van der Waals surface area contributed by atoms with Crippen molar-refractivity contribution < 1.29 is 9.90 Å². The van der Waals surface area contributed by atoms with Crippen molar-refractivity contribution in [1.29, 1.82) is 0 Å². The number of nitrogens with zero attached hydrogens (tertiary/aromatic N) is 1. The molecule has 1 heterocycles. The molecule has 0 atom stereocenters. The van der Waals surface area contributed by atoms with Crippen LogP contribution in [-0.4, -0.2) is 16.1 Å². The molecule has 0 radical (unpaired) electrons. The summed E-state index contributed by atoms with van der Waals surface area (Å²) in [5.74, 6) is -0.182. The second-order valence-corrected chi connectivity index (χ2v) is 6.19. The number of rotatable bonds is 4. The lowest BCUT2D eigenvalue weighted by Gasteiger charge is -2.12. The first-order valence-electron chi connectivity index (χ1n) is 6.79. The molecule has 4 heteroatoms. The molecule has 0 saturated carbocycles. The van der Waals surface area contributed by atoms with Gasteiger partial charge in [0.15, 0.2) is 0 Å². The van der Waals surface area contributed by atoms with E-state index in [0.717, 1.165) is 17.0 Å². The van der Waals surface area contributed by atoms with Gasteiger partial charge in [0.05, 0.1) is 5.56 Å². The Bertz CT molecular complexity index is 675. The lowest BCUT2D eigenvalue weighted by atomic mass is 10.1. The molecule has 0 unspecified atom stereocenters. The monoisotopic (exact) mass is 301 g/mol. The third-order valence-electron chi connectivity index (χ3n) is 3.52. The molecule has 1 aromatic heterocycles. The molecule has 2 aromatic rings. The van der Waals surface area contributed by atoms with Gasteiger partial charge in [-0.15, -0.1) is 11.8 Å². The first kappa shape index (κ1) is 15.6. The second-order valence-electron chi connectivity index (χ2n) is 5.22. The quantitative estimate of drug-likeness (QED) is 0.855. The number of pyridine rings is 1. The summed E-state index contributed by atoms with van der Waals surface area (Å²) in [6.45, 7) is 7.87. The maximum Gasteiger partial charge on any atom is 0.338 e. The highest BCUT2D eigenvalue weighted by Gasteiger charge is 2.16. The first-order valence-corrected chi connectivity index (χ1v) is 7.78. The number of aromatic carboxylic acids is 1. The number of carboxylic acid groups (broad SMARTS) is 1. The van der Waals surface area contributed by atoms with Gasteiger partial charge >= 0.3 is 5.97 Å². The summed E-state index contributed by atoms with van der Waals surface area (Å²) in [7, 11) is 0. The zero-order valence-electron chi connectivity index (χ0n) is 12.7. The van der Waals surface area contributed by atoms with E-state index in [1.165, 1.54) is 28.5 Å². The molecule has 0 fully saturated rings. The van der Waals surface area contributed by atoms with Crippen molar-refractivity contribution in [2.45, 2.75) is 38.5 Å². The summed E-state index contributed by atoms with van der Waals surface area (Å²) in [5.41, 5.74) is 5.63. The number of carboxylic acids is 1. The van der Waals surface area contributed by atoms with Crippen molar-refractivity contribution in [3.63, 3.8) is 0 Å². The molecule has 21 heavy (non-hydrogen) atoms. The SMILES string of the molecule is Cc1cc(C)c(C(=O)O)c(SCc2c(C)cccc2C)n1. The van der Waals surface area contributed by atoms with Gasteiger partial charge in [-0.2, -0.15) is 0 Å². The maximum absolute atomic E-state index is 11.4. The molecule has 0 spiro atoms. The van der Waals surface area contributed by atoms with E-state index in [1.807, 2.05) is 26.0 Å². The molecule has 0 saturated heterocycles. The molecule has 0 amide bonds.